The van der Waals surface area contributed by atoms with Crippen molar-refractivity contribution in [3.63, 3.8) is 0 Å². The fourth-order valence-electron chi connectivity index (χ4n) is 1.92. The second-order valence-corrected chi connectivity index (χ2v) is 3.55. The molecule has 1 aliphatic heterocycles. The second-order valence-electron chi connectivity index (χ2n) is 3.55. The molecule has 0 amide bonds. The molecule has 0 aliphatic carbocycles. The van der Waals surface area contributed by atoms with Crippen LogP contribution in [-0.4, -0.2) is 28.0 Å². The number of aryl methyl sites for hydroxylation is 2. The Balaban J connectivity index is 2.39. The molecule has 14 heavy (non-hydrogen) atoms. The first kappa shape index (κ1) is 9.27. The first-order valence-electron chi connectivity index (χ1n) is 4.77. The van der Waals surface area contributed by atoms with E-state index in [0.29, 0.717) is 0 Å². The third-order valence-electron chi connectivity index (χ3n) is 2.59. The van der Waals surface area contributed by atoms with Gasteiger partial charge in [0.25, 0.3) is 0 Å². The van der Waals surface area contributed by atoms with Crippen LogP contribution in [0.15, 0.2) is 12.2 Å². The van der Waals surface area contributed by atoms with E-state index in [1.54, 1.807) is 0 Å². The quantitative estimate of drug-likeness (QED) is 0.699. The number of rotatable bonds is 2. The lowest BCUT2D eigenvalue weighted by atomic mass is 10.2. The van der Waals surface area contributed by atoms with Crippen LogP contribution in [0.5, 0.6) is 0 Å². The zero-order chi connectivity index (χ0) is 10.1. The van der Waals surface area contributed by atoms with Crippen LogP contribution in [0.3, 0.4) is 0 Å². The molecule has 0 aromatic carbocycles. The minimum atomic E-state index is 0.0610. The lowest BCUT2D eigenvalue weighted by Gasteiger charge is -2.18. The molecular formula is C10H15N3O. The summed E-state index contributed by atoms with van der Waals surface area (Å²) in [7, 11) is 1.92. The van der Waals surface area contributed by atoms with E-state index in [-0.39, 0.29) is 6.61 Å². The number of aliphatic hydroxyl groups excluding tert-OH is 1. The number of hydrogen-bond acceptors (Lipinski definition) is 3. The molecule has 0 spiro atoms. The van der Waals surface area contributed by atoms with E-state index >= 15 is 0 Å². The van der Waals surface area contributed by atoms with Crippen molar-refractivity contribution in [1.82, 2.24) is 9.78 Å². The van der Waals surface area contributed by atoms with Gasteiger partial charge >= 0.3 is 0 Å². The maximum Gasteiger partial charge on any atom is 0.132 e. The van der Waals surface area contributed by atoms with Gasteiger partial charge in [-0.15, -0.1) is 0 Å². The molecule has 0 saturated heterocycles. The first-order chi connectivity index (χ1) is 6.74. The van der Waals surface area contributed by atoms with E-state index in [2.05, 4.69) is 22.2 Å². The maximum atomic E-state index is 9.27. The Morgan fingerprint density at radius 1 is 1.43 bits per heavy atom. The summed E-state index contributed by atoms with van der Waals surface area (Å²) in [5.41, 5.74) is 1.85. The van der Waals surface area contributed by atoms with Crippen LogP contribution >= 0.6 is 0 Å². The van der Waals surface area contributed by atoms with Crippen LogP contribution in [0, 0.1) is 6.92 Å². The van der Waals surface area contributed by atoms with E-state index in [9.17, 15) is 5.11 Å². The molecule has 0 radical (unpaired) electrons. The Morgan fingerprint density at radius 2 is 2.07 bits per heavy atom. The van der Waals surface area contributed by atoms with Gasteiger partial charge in [-0.05, 0) is 6.92 Å². The average Bonchev–Trinajstić information content (AvgIpc) is 2.72. The van der Waals surface area contributed by atoms with Gasteiger partial charge in [0, 0.05) is 25.7 Å². The van der Waals surface area contributed by atoms with Crippen LogP contribution in [0.2, 0.25) is 0 Å². The topological polar surface area (TPSA) is 41.3 Å². The molecule has 0 fully saturated rings. The Hall–Kier alpha value is -1.29. The van der Waals surface area contributed by atoms with Gasteiger partial charge in [0.15, 0.2) is 0 Å². The molecule has 0 atom stereocenters. The van der Waals surface area contributed by atoms with E-state index in [4.69, 9.17) is 0 Å². The standard InChI is InChI=1S/C10H15N3O/c1-8-9(7-14)10(12(2)11-8)13-5-3-4-6-13/h3-4,14H,5-7H2,1-2H3. The number of nitrogens with zero attached hydrogens (tertiary/aromatic N) is 3. The summed E-state index contributed by atoms with van der Waals surface area (Å²) in [5, 5.41) is 13.6. The molecule has 2 heterocycles. The zero-order valence-corrected chi connectivity index (χ0v) is 8.56. The lowest BCUT2D eigenvalue weighted by molar-refractivity contribution is 0.281. The maximum absolute atomic E-state index is 9.27. The molecule has 0 unspecified atom stereocenters. The van der Waals surface area contributed by atoms with Crippen molar-refractivity contribution in [2.24, 2.45) is 7.05 Å². The van der Waals surface area contributed by atoms with Gasteiger partial charge in [-0.25, -0.2) is 0 Å². The van der Waals surface area contributed by atoms with Crippen LogP contribution in [0.1, 0.15) is 11.3 Å². The third kappa shape index (κ3) is 1.32. The van der Waals surface area contributed by atoms with Crippen molar-refractivity contribution in [2.45, 2.75) is 13.5 Å². The summed E-state index contributed by atoms with van der Waals surface area (Å²) in [4.78, 5) is 2.20. The van der Waals surface area contributed by atoms with Gasteiger partial charge in [-0.3, -0.25) is 4.68 Å². The summed E-state index contributed by atoms with van der Waals surface area (Å²) >= 11 is 0. The normalized spacial score (nSPS) is 15.5. The minimum absolute atomic E-state index is 0.0610. The number of aromatic nitrogens is 2. The Bertz CT molecular complexity index is 360. The highest BCUT2D eigenvalue weighted by molar-refractivity contribution is 5.52. The summed E-state index contributed by atoms with van der Waals surface area (Å²) in [5.74, 6) is 1.04. The Kier molecular flexibility index (Phi) is 2.29. The molecule has 4 nitrogen and oxygen atoms in total. The van der Waals surface area contributed by atoms with Gasteiger partial charge < -0.3 is 10.0 Å². The molecule has 76 valence electrons. The van der Waals surface area contributed by atoms with Crippen LogP contribution in [0.4, 0.5) is 5.82 Å². The largest absolute Gasteiger partial charge is 0.391 e. The summed E-state index contributed by atoms with van der Waals surface area (Å²) in [6.45, 7) is 3.81. The second kappa shape index (κ2) is 3.46. The lowest BCUT2D eigenvalue weighted by Crippen LogP contribution is -2.22. The van der Waals surface area contributed by atoms with Gasteiger partial charge in [0.1, 0.15) is 5.82 Å². The molecular weight excluding hydrogens is 178 g/mol. The van der Waals surface area contributed by atoms with E-state index in [0.717, 1.165) is 30.2 Å². The van der Waals surface area contributed by atoms with Crippen molar-refractivity contribution in [1.29, 1.82) is 0 Å². The number of hydrogen-bond donors (Lipinski definition) is 1. The SMILES string of the molecule is Cc1nn(C)c(N2CC=CC2)c1CO. The molecule has 1 aromatic heterocycles. The molecule has 0 saturated carbocycles. The molecule has 1 aromatic rings. The van der Waals surface area contributed by atoms with Crippen LogP contribution < -0.4 is 4.90 Å². The zero-order valence-electron chi connectivity index (χ0n) is 8.56. The van der Waals surface area contributed by atoms with Crippen molar-refractivity contribution in [3.05, 3.63) is 23.4 Å². The van der Waals surface area contributed by atoms with E-state index in [1.165, 1.54) is 0 Å². The molecule has 1 aliphatic rings. The summed E-state index contributed by atoms with van der Waals surface area (Å²) in [6, 6.07) is 0. The molecule has 1 N–H and O–H groups in total. The highest BCUT2D eigenvalue weighted by Gasteiger charge is 2.18. The predicted molar refractivity (Wildman–Crippen MR) is 55.2 cm³/mol. The first-order valence-corrected chi connectivity index (χ1v) is 4.77. The van der Waals surface area contributed by atoms with Crippen LogP contribution in [0.25, 0.3) is 0 Å². The molecule has 0 bridgehead atoms. The highest BCUT2D eigenvalue weighted by atomic mass is 16.3. The summed E-state index contributed by atoms with van der Waals surface area (Å²) in [6.07, 6.45) is 4.26. The fourth-order valence-corrected chi connectivity index (χ4v) is 1.92. The van der Waals surface area contributed by atoms with Crippen molar-refractivity contribution >= 4 is 5.82 Å². The van der Waals surface area contributed by atoms with Gasteiger partial charge in [0.2, 0.25) is 0 Å². The number of anilines is 1. The fraction of sp³-hybridized carbons (Fsp3) is 0.500. The van der Waals surface area contributed by atoms with E-state index < -0.39 is 0 Å². The van der Waals surface area contributed by atoms with Gasteiger partial charge in [-0.2, -0.15) is 5.10 Å². The third-order valence-corrected chi connectivity index (χ3v) is 2.59. The smallest absolute Gasteiger partial charge is 0.132 e. The predicted octanol–water partition coefficient (Wildman–Crippen LogP) is 0.597. The average molecular weight is 193 g/mol. The molecule has 4 heteroatoms. The van der Waals surface area contributed by atoms with E-state index in [1.807, 2.05) is 18.7 Å². The van der Waals surface area contributed by atoms with Crippen LogP contribution in [-0.2, 0) is 13.7 Å². The summed E-state index contributed by atoms with van der Waals surface area (Å²) < 4.78 is 1.84. The number of aliphatic hydroxyl groups is 1. The van der Waals surface area contributed by atoms with Crippen molar-refractivity contribution in [2.75, 3.05) is 18.0 Å². The highest BCUT2D eigenvalue weighted by Crippen LogP contribution is 2.24. The Labute approximate surface area is 83.5 Å². The Morgan fingerprint density at radius 3 is 2.64 bits per heavy atom. The monoisotopic (exact) mass is 193 g/mol. The minimum Gasteiger partial charge on any atom is -0.391 e. The van der Waals surface area contributed by atoms with Gasteiger partial charge in [-0.1, -0.05) is 12.2 Å². The van der Waals surface area contributed by atoms with Gasteiger partial charge in [0.05, 0.1) is 12.3 Å². The molecule has 2 rings (SSSR count). The van der Waals surface area contributed by atoms with Crippen molar-refractivity contribution < 1.29 is 5.11 Å². The van der Waals surface area contributed by atoms with Crippen molar-refractivity contribution in [3.8, 4) is 0 Å².